The molecule has 0 bridgehead atoms. The number of fused-ring (bicyclic) bond motifs is 1. The zero-order valence-electron chi connectivity index (χ0n) is 13.8. The Labute approximate surface area is 145 Å². The first-order valence-electron chi connectivity index (χ1n) is 8.22. The standard InChI is InChI=1S/C18H21N3O2S/c1-2-3-9-20(12-16-19-8-10-24-16)17(22)13-21-11-14-6-4-5-7-15(14)18(21)23/h4-8,10H,2-3,9,11-13H2,1H3. The number of thiazole rings is 1. The summed E-state index contributed by atoms with van der Waals surface area (Å²) in [6, 6.07) is 7.56. The molecule has 3 rings (SSSR count). The number of hydrogen-bond donors (Lipinski definition) is 0. The zero-order chi connectivity index (χ0) is 16.9. The molecule has 2 heterocycles. The van der Waals surface area contributed by atoms with Gasteiger partial charge in [0.1, 0.15) is 11.6 Å². The monoisotopic (exact) mass is 343 g/mol. The summed E-state index contributed by atoms with van der Waals surface area (Å²) in [5.41, 5.74) is 1.71. The molecule has 0 aliphatic carbocycles. The highest BCUT2D eigenvalue weighted by molar-refractivity contribution is 7.09. The van der Waals surface area contributed by atoms with E-state index in [-0.39, 0.29) is 18.4 Å². The van der Waals surface area contributed by atoms with Crippen molar-refractivity contribution in [1.29, 1.82) is 0 Å². The van der Waals surface area contributed by atoms with Crippen LogP contribution in [0.15, 0.2) is 35.8 Å². The summed E-state index contributed by atoms with van der Waals surface area (Å²) in [6.07, 6.45) is 3.73. The van der Waals surface area contributed by atoms with Crippen LogP contribution in [0.5, 0.6) is 0 Å². The van der Waals surface area contributed by atoms with E-state index < -0.39 is 0 Å². The molecule has 1 aromatic carbocycles. The molecule has 0 saturated heterocycles. The van der Waals surface area contributed by atoms with Gasteiger partial charge in [-0.2, -0.15) is 0 Å². The number of amides is 2. The third kappa shape index (κ3) is 3.64. The Morgan fingerprint density at radius 2 is 2.21 bits per heavy atom. The largest absolute Gasteiger partial charge is 0.334 e. The Kier molecular flexibility index (Phi) is 5.25. The van der Waals surface area contributed by atoms with Crippen LogP contribution >= 0.6 is 11.3 Å². The van der Waals surface area contributed by atoms with Crippen LogP contribution < -0.4 is 0 Å². The van der Waals surface area contributed by atoms with E-state index in [4.69, 9.17) is 0 Å². The van der Waals surface area contributed by atoms with Crippen LogP contribution in [0.25, 0.3) is 0 Å². The second-order valence-corrected chi connectivity index (χ2v) is 6.89. The molecule has 2 amide bonds. The van der Waals surface area contributed by atoms with E-state index >= 15 is 0 Å². The molecule has 0 radical (unpaired) electrons. The molecule has 6 heteroatoms. The summed E-state index contributed by atoms with van der Waals surface area (Å²) in [4.78, 5) is 32.9. The number of aromatic nitrogens is 1. The fourth-order valence-corrected chi connectivity index (χ4v) is 3.47. The highest BCUT2D eigenvalue weighted by Crippen LogP contribution is 2.22. The summed E-state index contributed by atoms with van der Waals surface area (Å²) in [5, 5.41) is 2.84. The van der Waals surface area contributed by atoms with Crippen molar-refractivity contribution < 1.29 is 9.59 Å². The predicted molar refractivity (Wildman–Crippen MR) is 93.6 cm³/mol. The number of unbranched alkanes of at least 4 members (excludes halogenated alkanes) is 1. The van der Waals surface area contributed by atoms with Gasteiger partial charge in [0.15, 0.2) is 0 Å². The van der Waals surface area contributed by atoms with Crippen molar-refractivity contribution in [2.45, 2.75) is 32.9 Å². The number of benzene rings is 1. The fraction of sp³-hybridized carbons (Fsp3) is 0.389. The van der Waals surface area contributed by atoms with E-state index in [1.807, 2.05) is 34.5 Å². The molecule has 24 heavy (non-hydrogen) atoms. The average molecular weight is 343 g/mol. The lowest BCUT2D eigenvalue weighted by molar-refractivity contribution is -0.132. The zero-order valence-corrected chi connectivity index (χ0v) is 14.6. The van der Waals surface area contributed by atoms with Crippen molar-refractivity contribution in [3.8, 4) is 0 Å². The maximum absolute atomic E-state index is 12.7. The predicted octanol–water partition coefficient (Wildman–Crippen LogP) is 2.93. The molecule has 1 aliphatic heterocycles. The van der Waals surface area contributed by atoms with E-state index in [0.717, 1.165) is 23.4 Å². The number of hydrogen-bond acceptors (Lipinski definition) is 4. The molecule has 0 fully saturated rings. The molecule has 0 atom stereocenters. The van der Waals surface area contributed by atoms with Gasteiger partial charge >= 0.3 is 0 Å². The van der Waals surface area contributed by atoms with E-state index in [9.17, 15) is 9.59 Å². The first-order valence-corrected chi connectivity index (χ1v) is 9.10. The number of nitrogens with zero attached hydrogens (tertiary/aromatic N) is 3. The Hall–Kier alpha value is -2.21. The maximum atomic E-state index is 12.7. The van der Waals surface area contributed by atoms with Crippen molar-refractivity contribution in [3.63, 3.8) is 0 Å². The highest BCUT2D eigenvalue weighted by atomic mass is 32.1. The van der Waals surface area contributed by atoms with Gasteiger partial charge in [0.25, 0.3) is 5.91 Å². The minimum atomic E-state index is -0.0522. The van der Waals surface area contributed by atoms with Crippen LogP contribution in [-0.2, 0) is 17.9 Å². The average Bonchev–Trinajstić information content (AvgIpc) is 3.20. The van der Waals surface area contributed by atoms with Crippen molar-refractivity contribution in [1.82, 2.24) is 14.8 Å². The van der Waals surface area contributed by atoms with Gasteiger partial charge in [0, 0.05) is 30.2 Å². The molecule has 0 saturated carbocycles. The number of carbonyl (C=O) groups is 2. The van der Waals surface area contributed by atoms with Crippen LogP contribution in [0.3, 0.4) is 0 Å². The van der Waals surface area contributed by atoms with Gasteiger partial charge in [-0.3, -0.25) is 9.59 Å². The molecule has 1 aliphatic rings. The van der Waals surface area contributed by atoms with Crippen molar-refractivity contribution in [2.75, 3.05) is 13.1 Å². The fourth-order valence-electron chi connectivity index (χ4n) is 2.84. The van der Waals surface area contributed by atoms with E-state index in [1.165, 1.54) is 0 Å². The minimum Gasteiger partial charge on any atom is -0.334 e. The first-order chi connectivity index (χ1) is 11.7. The summed E-state index contributed by atoms with van der Waals surface area (Å²) in [7, 11) is 0. The van der Waals surface area contributed by atoms with Crippen LogP contribution in [0.2, 0.25) is 0 Å². The molecular weight excluding hydrogens is 322 g/mol. The maximum Gasteiger partial charge on any atom is 0.254 e. The smallest absolute Gasteiger partial charge is 0.254 e. The van der Waals surface area contributed by atoms with Crippen LogP contribution in [0.1, 0.15) is 40.7 Å². The molecule has 2 aromatic rings. The molecule has 126 valence electrons. The SMILES string of the molecule is CCCCN(Cc1nccs1)C(=O)CN1Cc2ccccc2C1=O. The van der Waals surface area contributed by atoms with E-state index in [2.05, 4.69) is 11.9 Å². The van der Waals surface area contributed by atoms with Crippen molar-refractivity contribution in [3.05, 3.63) is 52.0 Å². The van der Waals surface area contributed by atoms with E-state index in [0.29, 0.717) is 25.2 Å². The van der Waals surface area contributed by atoms with Gasteiger partial charge in [-0.15, -0.1) is 11.3 Å². The second-order valence-electron chi connectivity index (χ2n) is 5.91. The van der Waals surface area contributed by atoms with Gasteiger partial charge in [-0.05, 0) is 18.1 Å². The topological polar surface area (TPSA) is 53.5 Å². The molecule has 0 spiro atoms. The Morgan fingerprint density at radius 3 is 2.92 bits per heavy atom. The second kappa shape index (κ2) is 7.57. The number of rotatable bonds is 7. The summed E-state index contributed by atoms with van der Waals surface area (Å²) >= 11 is 1.55. The third-order valence-electron chi connectivity index (χ3n) is 4.17. The molecule has 0 unspecified atom stereocenters. The lowest BCUT2D eigenvalue weighted by atomic mass is 10.1. The quantitative estimate of drug-likeness (QED) is 0.777. The Morgan fingerprint density at radius 1 is 1.38 bits per heavy atom. The van der Waals surface area contributed by atoms with E-state index in [1.54, 1.807) is 22.4 Å². The highest BCUT2D eigenvalue weighted by Gasteiger charge is 2.29. The normalized spacial score (nSPS) is 13.2. The van der Waals surface area contributed by atoms with Crippen LogP contribution in [-0.4, -0.2) is 39.7 Å². The molecular formula is C18H21N3O2S. The Balaban J connectivity index is 1.66. The van der Waals surface area contributed by atoms with Crippen molar-refractivity contribution >= 4 is 23.2 Å². The first kappa shape index (κ1) is 16.6. The van der Waals surface area contributed by atoms with Gasteiger partial charge < -0.3 is 9.80 Å². The lowest BCUT2D eigenvalue weighted by Crippen LogP contribution is -2.40. The summed E-state index contributed by atoms with van der Waals surface area (Å²) in [5.74, 6) is -0.0663. The van der Waals surface area contributed by atoms with Gasteiger partial charge in [-0.1, -0.05) is 31.5 Å². The van der Waals surface area contributed by atoms with Crippen LogP contribution in [0.4, 0.5) is 0 Å². The lowest BCUT2D eigenvalue weighted by Gasteiger charge is -2.24. The summed E-state index contributed by atoms with van der Waals surface area (Å²) < 4.78 is 0. The number of carbonyl (C=O) groups excluding carboxylic acids is 2. The summed E-state index contributed by atoms with van der Waals surface area (Å²) in [6.45, 7) is 3.96. The molecule has 0 N–H and O–H groups in total. The Bertz CT molecular complexity index is 715. The molecule has 5 nitrogen and oxygen atoms in total. The third-order valence-corrected chi connectivity index (χ3v) is 4.93. The van der Waals surface area contributed by atoms with Gasteiger partial charge in [0.05, 0.1) is 6.54 Å². The van der Waals surface area contributed by atoms with Gasteiger partial charge in [-0.25, -0.2) is 4.98 Å². The minimum absolute atomic E-state index is 0.0141. The molecule has 1 aromatic heterocycles. The van der Waals surface area contributed by atoms with Crippen molar-refractivity contribution in [2.24, 2.45) is 0 Å². The van der Waals surface area contributed by atoms with Crippen LogP contribution in [0, 0.1) is 0 Å². The van der Waals surface area contributed by atoms with Gasteiger partial charge in [0.2, 0.25) is 5.91 Å².